The van der Waals surface area contributed by atoms with Crippen LogP contribution >= 0.6 is 0 Å². The molecule has 0 aromatic heterocycles. The second kappa shape index (κ2) is 10.2. The number of nitrogens with one attached hydrogen (secondary N) is 1. The first-order valence-corrected chi connectivity index (χ1v) is 11.6. The molecule has 2 aromatic rings. The van der Waals surface area contributed by atoms with Crippen molar-refractivity contribution in [3.63, 3.8) is 0 Å². The van der Waals surface area contributed by atoms with Gasteiger partial charge in [0.05, 0.1) is 25.7 Å². The number of carbonyl (C=O) groups is 3. The fraction of sp³-hybridized carbons (Fsp3) is 0.444. The summed E-state index contributed by atoms with van der Waals surface area (Å²) in [5.41, 5.74) is 4.25. The van der Waals surface area contributed by atoms with E-state index >= 15 is 0 Å². The van der Waals surface area contributed by atoms with Gasteiger partial charge >= 0.3 is 0 Å². The van der Waals surface area contributed by atoms with Crippen LogP contribution in [-0.4, -0.2) is 48.6 Å². The van der Waals surface area contributed by atoms with E-state index in [0.29, 0.717) is 12.1 Å². The van der Waals surface area contributed by atoms with Gasteiger partial charge in [0.15, 0.2) is 5.78 Å². The van der Waals surface area contributed by atoms with Gasteiger partial charge in [0.25, 0.3) is 5.91 Å². The predicted molar refractivity (Wildman–Crippen MR) is 126 cm³/mol. The van der Waals surface area contributed by atoms with E-state index in [2.05, 4.69) is 13.8 Å². The molecule has 3 rings (SSSR count). The molecule has 2 aromatic carbocycles. The summed E-state index contributed by atoms with van der Waals surface area (Å²) in [5, 5.41) is 0. The number of nitrogens with zero attached hydrogens (tertiary/aromatic N) is 1. The minimum Gasteiger partial charge on any atom is -0.335 e. The van der Waals surface area contributed by atoms with Crippen molar-refractivity contribution in [3.05, 3.63) is 70.3 Å². The van der Waals surface area contributed by atoms with Crippen LogP contribution in [-0.2, 0) is 9.59 Å². The van der Waals surface area contributed by atoms with Crippen LogP contribution in [0.3, 0.4) is 0 Å². The third-order valence-electron chi connectivity index (χ3n) is 6.69. The SMILES string of the molecule is CC[NH+](CC)CCCN1C(=O)C(=O)C(C(=O)c2cc(C)ccc2C)C1c1ccc(C)cc1. The van der Waals surface area contributed by atoms with Gasteiger partial charge in [-0.3, -0.25) is 14.4 Å². The Morgan fingerprint density at radius 1 is 0.938 bits per heavy atom. The predicted octanol–water partition coefficient (Wildman–Crippen LogP) is 2.88. The van der Waals surface area contributed by atoms with Gasteiger partial charge in [-0.05, 0) is 51.8 Å². The Balaban J connectivity index is 1.98. The molecule has 1 aliphatic rings. The van der Waals surface area contributed by atoms with Gasteiger partial charge in [-0.15, -0.1) is 0 Å². The molecular formula is C27H35N2O3+. The van der Waals surface area contributed by atoms with Gasteiger partial charge in [0, 0.05) is 18.5 Å². The molecule has 0 radical (unpaired) electrons. The zero-order chi connectivity index (χ0) is 23.4. The van der Waals surface area contributed by atoms with Gasteiger partial charge < -0.3 is 9.80 Å². The first-order chi connectivity index (χ1) is 15.3. The monoisotopic (exact) mass is 435 g/mol. The molecule has 1 amide bonds. The molecule has 0 saturated carbocycles. The highest BCUT2D eigenvalue weighted by Gasteiger charge is 2.51. The van der Waals surface area contributed by atoms with Crippen LogP contribution < -0.4 is 4.90 Å². The van der Waals surface area contributed by atoms with E-state index in [1.165, 1.54) is 4.90 Å². The van der Waals surface area contributed by atoms with Crippen LogP contribution in [0.4, 0.5) is 0 Å². The Hall–Kier alpha value is -2.79. The number of ketones is 2. The molecule has 1 heterocycles. The average molecular weight is 436 g/mol. The maximum absolute atomic E-state index is 13.6. The minimum absolute atomic E-state index is 0.257. The topological polar surface area (TPSA) is 58.9 Å². The molecule has 5 nitrogen and oxygen atoms in total. The fourth-order valence-corrected chi connectivity index (χ4v) is 4.64. The summed E-state index contributed by atoms with van der Waals surface area (Å²) >= 11 is 0. The van der Waals surface area contributed by atoms with E-state index in [-0.39, 0.29) is 5.78 Å². The third-order valence-corrected chi connectivity index (χ3v) is 6.69. The maximum Gasteiger partial charge on any atom is 0.291 e. The summed E-state index contributed by atoms with van der Waals surface area (Å²) in [5.74, 6) is -2.39. The number of hydrogen-bond donors (Lipinski definition) is 1. The van der Waals surface area contributed by atoms with E-state index in [9.17, 15) is 14.4 Å². The summed E-state index contributed by atoms with van der Waals surface area (Å²) in [6, 6.07) is 12.9. The van der Waals surface area contributed by atoms with Crippen molar-refractivity contribution in [1.82, 2.24) is 4.90 Å². The number of benzene rings is 2. The van der Waals surface area contributed by atoms with E-state index in [1.54, 1.807) is 4.90 Å². The van der Waals surface area contributed by atoms with Gasteiger partial charge in [0.1, 0.15) is 5.92 Å². The second-order valence-electron chi connectivity index (χ2n) is 8.94. The average Bonchev–Trinajstić information content (AvgIpc) is 3.03. The Morgan fingerprint density at radius 2 is 1.56 bits per heavy atom. The molecule has 1 aliphatic heterocycles. The second-order valence-corrected chi connectivity index (χ2v) is 8.94. The summed E-state index contributed by atoms with van der Waals surface area (Å²) in [7, 11) is 0. The molecule has 2 atom stereocenters. The number of Topliss-reactive ketones (excluding diaryl/α,β-unsaturated/α-hetero) is 2. The lowest BCUT2D eigenvalue weighted by atomic mass is 9.84. The van der Waals surface area contributed by atoms with Crippen LogP contribution in [0.1, 0.15) is 58.9 Å². The van der Waals surface area contributed by atoms with Crippen LogP contribution in [0, 0.1) is 26.7 Å². The number of aryl methyl sites for hydroxylation is 3. The Morgan fingerprint density at radius 3 is 2.19 bits per heavy atom. The molecule has 5 heteroatoms. The van der Waals surface area contributed by atoms with Gasteiger partial charge in [-0.25, -0.2) is 0 Å². The van der Waals surface area contributed by atoms with Crippen molar-refractivity contribution in [2.75, 3.05) is 26.2 Å². The molecule has 1 N–H and O–H groups in total. The first kappa shape index (κ1) is 23.9. The highest BCUT2D eigenvalue weighted by Crippen LogP contribution is 2.38. The molecule has 0 aliphatic carbocycles. The molecule has 0 bridgehead atoms. The summed E-state index contributed by atoms with van der Waals surface area (Å²) < 4.78 is 0. The largest absolute Gasteiger partial charge is 0.335 e. The van der Waals surface area contributed by atoms with Gasteiger partial charge in [-0.1, -0.05) is 47.5 Å². The molecule has 170 valence electrons. The highest BCUT2D eigenvalue weighted by molar-refractivity contribution is 6.44. The van der Waals surface area contributed by atoms with Crippen LogP contribution in [0.2, 0.25) is 0 Å². The number of carbonyl (C=O) groups excluding carboxylic acids is 3. The maximum atomic E-state index is 13.6. The van der Waals surface area contributed by atoms with E-state index in [1.807, 2.05) is 63.2 Å². The standard InChI is InChI=1S/C27H34N2O3/c1-6-28(7-2)15-8-16-29-24(21-13-10-18(3)11-14-21)23(26(31)27(29)32)25(30)22-17-19(4)9-12-20(22)5/h9-14,17,23-24H,6-8,15-16H2,1-5H3/p+1. The van der Waals surface area contributed by atoms with Crippen LogP contribution in [0.15, 0.2) is 42.5 Å². The smallest absolute Gasteiger partial charge is 0.291 e. The highest BCUT2D eigenvalue weighted by atomic mass is 16.2. The van der Waals surface area contributed by atoms with Crippen molar-refractivity contribution >= 4 is 17.5 Å². The minimum atomic E-state index is -1.01. The normalized spacial score (nSPS) is 18.6. The van der Waals surface area contributed by atoms with Gasteiger partial charge in [-0.2, -0.15) is 0 Å². The number of rotatable bonds is 9. The lowest BCUT2D eigenvalue weighted by Crippen LogP contribution is -3.11. The fourth-order valence-electron chi connectivity index (χ4n) is 4.64. The zero-order valence-electron chi connectivity index (χ0n) is 19.9. The molecule has 1 saturated heterocycles. The molecule has 0 spiro atoms. The number of likely N-dealkylation sites (tertiary alicyclic amines) is 1. The quantitative estimate of drug-likeness (QED) is 0.374. The van der Waals surface area contributed by atoms with Crippen molar-refractivity contribution in [2.24, 2.45) is 5.92 Å². The number of hydrogen-bond acceptors (Lipinski definition) is 3. The third kappa shape index (κ3) is 4.83. The number of amides is 1. The Labute approximate surface area is 191 Å². The Bertz CT molecular complexity index is 992. The van der Waals surface area contributed by atoms with Crippen LogP contribution in [0.25, 0.3) is 0 Å². The van der Waals surface area contributed by atoms with Crippen molar-refractivity contribution < 1.29 is 19.3 Å². The summed E-state index contributed by atoms with van der Waals surface area (Å²) in [6.45, 7) is 13.6. The lowest BCUT2D eigenvalue weighted by Gasteiger charge is -2.28. The summed E-state index contributed by atoms with van der Waals surface area (Å²) in [6.07, 6.45) is 0.794. The first-order valence-electron chi connectivity index (χ1n) is 11.6. The van der Waals surface area contributed by atoms with Crippen molar-refractivity contribution in [1.29, 1.82) is 0 Å². The van der Waals surface area contributed by atoms with Crippen molar-refractivity contribution in [2.45, 2.75) is 47.1 Å². The zero-order valence-corrected chi connectivity index (χ0v) is 19.9. The summed E-state index contributed by atoms with van der Waals surface area (Å²) in [4.78, 5) is 43.0. The van der Waals surface area contributed by atoms with E-state index in [0.717, 1.165) is 48.3 Å². The van der Waals surface area contributed by atoms with E-state index < -0.39 is 23.7 Å². The molecular weight excluding hydrogens is 400 g/mol. The van der Waals surface area contributed by atoms with E-state index in [4.69, 9.17) is 0 Å². The Kier molecular flexibility index (Phi) is 7.62. The molecule has 2 unspecified atom stereocenters. The van der Waals surface area contributed by atoms with Crippen molar-refractivity contribution in [3.8, 4) is 0 Å². The lowest BCUT2D eigenvalue weighted by molar-refractivity contribution is -0.896. The molecule has 1 fully saturated rings. The van der Waals surface area contributed by atoms with Gasteiger partial charge in [0.2, 0.25) is 5.78 Å². The molecule has 32 heavy (non-hydrogen) atoms. The number of quaternary nitrogens is 1. The van der Waals surface area contributed by atoms with Crippen LogP contribution in [0.5, 0.6) is 0 Å².